The number of hydrogen-bond acceptors (Lipinski definition) is 7. The van der Waals surface area contributed by atoms with Crippen LogP contribution in [0.15, 0.2) is 31.4 Å². The number of aromatic nitrogens is 6. The van der Waals surface area contributed by atoms with Crippen LogP contribution in [0.5, 0.6) is 0 Å². The number of carbonyl (C=O) groups is 1. The second-order valence-electron chi connectivity index (χ2n) is 8.64. The van der Waals surface area contributed by atoms with E-state index in [0.717, 1.165) is 0 Å². The lowest BCUT2D eigenvalue weighted by Gasteiger charge is -2.22. The molecule has 190 valence electrons. The predicted molar refractivity (Wildman–Crippen MR) is 132 cm³/mol. The molecule has 1 fully saturated rings. The van der Waals surface area contributed by atoms with E-state index in [1.54, 1.807) is 16.7 Å². The van der Waals surface area contributed by atoms with Gasteiger partial charge in [0.05, 0.1) is 41.5 Å². The van der Waals surface area contributed by atoms with Crippen LogP contribution in [-0.4, -0.2) is 66.4 Å². The molecule has 4 aromatic rings. The molecule has 10 nitrogen and oxygen atoms in total. The third kappa shape index (κ3) is 4.07. The molecule has 0 unspecified atom stereocenters. The molecular formula is C25H24F2N8O2. The fourth-order valence-electron chi connectivity index (χ4n) is 4.77. The van der Waals surface area contributed by atoms with Crippen molar-refractivity contribution in [1.29, 1.82) is 0 Å². The predicted octanol–water partition coefficient (Wildman–Crippen LogP) is 2.43. The van der Waals surface area contributed by atoms with Crippen LogP contribution in [0.1, 0.15) is 30.6 Å². The van der Waals surface area contributed by atoms with E-state index in [1.165, 1.54) is 29.4 Å². The number of aryl methyl sites for hydroxylation is 1. The van der Waals surface area contributed by atoms with Gasteiger partial charge >= 0.3 is 0 Å². The van der Waals surface area contributed by atoms with Crippen LogP contribution in [0.2, 0.25) is 0 Å². The first-order valence-electron chi connectivity index (χ1n) is 11.6. The van der Waals surface area contributed by atoms with Crippen molar-refractivity contribution in [1.82, 2.24) is 34.2 Å². The van der Waals surface area contributed by atoms with Gasteiger partial charge in [-0.25, -0.2) is 28.4 Å². The van der Waals surface area contributed by atoms with E-state index in [0.29, 0.717) is 42.7 Å². The molecule has 1 aliphatic heterocycles. The Morgan fingerprint density at radius 3 is 2.84 bits per heavy atom. The SMILES string of the molecule is C=CC(=O)N1C[C@@H](n2nc(C#Cc3cc4ncn(CC)c4c(F)c3F)c3c(N)ncnc32)C[C@@H]1COC. The summed E-state index contributed by atoms with van der Waals surface area (Å²) in [5.74, 6) is 3.35. The van der Waals surface area contributed by atoms with Gasteiger partial charge in [-0.15, -0.1) is 0 Å². The van der Waals surface area contributed by atoms with E-state index < -0.39 is 11.6 Å². The van der Waals surface area contributed by atoms with Crippen molar-refractivity contribution in [2.24, 2.45) is 0 Å². The normalized spacial score (nSPS) is 17.4. The number of nitrogen functional groups attached to an aromatic ring is 1. The molecule has 0 spiro atoms. The second kappa shape index (κ2) is 9.59. The number of amides is 1. The van der Waals surface area contributed by atoms with Crippen molar-refractivity contribution in [3.8, 4) is 11.8 Å². The van der Waals surface area contributed by atoms with Gasteiger partial charge in [-0.05, 0) is 31.4 Å². The number of imidazole rings is 1. The van der Waals surface area contributed by atoms with Gasteiger partial charge in [0.25, 0.3) is 0 Å². The van der Waals surface area contributed by atoms with Gasteiger partial charge in [0.1, 0.15) is 23.4 Å². The molecule has 1 aromatic carbocycles. The van der Waals surface area contributed by atoms with Crippen LogP contribution >= 0.6 is 0 Å². The molecular weight excluding hydrogens is 482 g/mol. The van der Waals surface area contributed by atoms with Gasteiger partial charge in [0.15, 0.2) is 17.3 Å². The van der Waals surface area contributed by atoms with Crippen LogP contribution in [-0.2, 0) is 16.1 Å². The first-order chi connectivity index (χ1) is 17.9. The van der Waals surface area contributed by atoms with Crippen molar-refractivity contribution in [3.63, 3.8) is 0 Å². The zero-order valence-electron chi connectivity index (χ0n) is 20.3. The summed E-state index contributed by atoms with van der Waals surface area (Å²) in [5.41, 5.74) is 7.00. The number of rotatable bonds is 5. The average molecular weight is 507 g/mol. The molecule has 2 atom stereocenters. The number of ether oxygens (including phenoxy) is 1. The lowest BCUT2D eigenvalue weighted by Crippen LogP contribution is -2.37. The monoisotopic (exact) mass is 506 g/mol. The highest BCUT2D eigenvalue weighted by molar-refractivity contribution is 5.91. The number of nitrogens with zero attached hydrogens (tertiary/aromatic N) is 7. The van der Waals surface area contributed by atoms with Crippen LogP contribution in [0.25, 0.3) is 22.1 Å². The number of anilines is 1. The van der Waals surface area contributed by atoms with Gasteiger partial charge in [-0.3, -0.25) is 4.79 Å². The average Bonchev–Trinajstić information content (AvgIpc) is 3.60. The third-order valence-electron chi connectivity index (χ3n) is 6.51. The number of likely N-dealkylation sites (tertiary alicyclic amines) is 1. The highest BCUT2D eigenvalue weighted by atomic mass is 19.2. The van der Waals surface area contributed by atoms with E-state index in [2.05, 4.69) is 38.5 Å². The molecule has 1 aliphatic rings. The molecule has 0 bridgehead atoms. The molecule has 1 amide bonds. The van der Waals surface area contributed by atoms with Crippen LogP contribution in [0, 0.1) is 23.5 Å². The Bertz CT molecular complexity index is 1600. The van der Waals surface area contributed by atoms with Crippen LogP contribution < -0.4 is 5.73 Å². The lowest BCUT2D eigenvalue weighted by molar-refractivity contribution is -0.127. The van der Waals surface area contributed by atoms with E-state index in [9.17, 15) is 13.6 Å². The maximum atomic E-state index is 14.9. The maximum Gasteiger partial charge on any atom is 0.246 e. The fourth-order valence-corrected chi connectivity index (χ4v) is 4.77. The number of halogens is 2. The Morgan fingerprint density at radius 1 is 1.30 bits per heavy atom. The van der Waals surface area contributed by atoms with Crippen molar-refractivity contribution < 1.29 is 18.3 Å². The van der Waals surface area contributed by atoms with Gasteiger partial charge < -0.3 is 19.9 Å². The molecule has 4 heterocycles. The molecule has 0 radical (unpaired) electrons. The minimum absolute atomic E-state index is 0.0865. The molecule has 1 saturated heterocycles. The standard InChI is InChI=1S/C25H24F2N8O2/c1-4-19(36)34-10-15(9-16(34)11-37-3)35-25-20(24(28)29-12-30-25)17(32-35)7-6-14-8-18-23(22(27)21(14)26)33(5-2)13-31-18/h4,8,12-13,15-16H,1,5,9-11H2,2-3H3,(H2,28,29,30)/t15-,16+/m0/s1. The number of nitrogens with two attached hydrogens (primary N) is 1. The van der Waals surface area contributed by atoms with Crippen molar-refractivity contribution >= 4 is 33.8 Å². The molecule has 0 aliphatic carbocycles. The second-order valence-corrected chi connectivity index (χ2v) is 8.64. The number of carbonyl (C=O) groups excluding carboxylic acids is 1. The third-order valence-corrected chi connectivity index (χ3v) is 6.51. The van der Waals surface area contributed by atoms with E-state index in [-0.39, 0.29) is 40.6 Å². The Balaban J connectivity index is 1.58. The summed E-state index contributed by atoms with van der Waals surface area (Å²) >= 11 is 0. The highest BCUT2D eigenvalue weighted by Crippen LogP contribution is 2.32. The van der Waals surface area contributed by atoms with Crippen molar-refractivity contribution in [2.45, 2.75) is 32.0 Å². The summed E-state index contributed by atoms with van der Waals surface area (Å²) in [7, 11) is 1.57. The largest absolute Gasteiger partial charge is 0.383 e. The molecule has 2 N–H and O–H groups in total. The highest BCUT2D eigenvalue weighted by Gasteiger charge is 2.37. The first-order valence-corrected chi connectivity index (χ1v) is 11.6. The molecule has 37 heavy (non-hydrogen) atoms. The molecule has 12 heteroatoms. The van der Waals surface area contributed by atoms with Gasteiger partial charge in [0, 0.05) is 20.2 Å². The summed E-state index contributed by atoms with van der Waals surface area (Å²) in [4.78, 5) is 26.6. The molecule has 5 rings (SSSR count). The Morgan fingerprint density at radius 2 is 2.11 bits per heavy atom. The minimum atomic E-state index is -1.07. The number of fused-ring (bicyclic) bond motifs is 2. The molecule has 0 saturated carbocycles. The smallest absolute Gasteiger partial charge is 0.246 e. The first kappa shape index (κ1) is 24.3. The Hall–Kier alpha value is -4.37. The Kier molecular flexibility index (Phi) is 6.31. The van der Waals surface area contributed by atoms with E-state index in [1.807, 2.05) is 6.92 Å². The summed E-state index contributed by atoms with van der Waals surface area (Å²) < 4.78 is 38.2. The van der Waals surface area contributed by atoms with Crippen molar-refractivity contribution in [3.05, 3.63) is 54.3 Å². The van der Waals surface area contributed by atoms with E-state index in [4.69, 9.17) is 10.5 Å². The quantitative estimate of drug-likeness (QED) is 0.326. The van der Waals surface area contributed by atoms with Crippen LogP contribution in [0.4, 0.5) is 14.6 Å². The van der Waals surface area contributed by atoms with Gasteiger partial charge in [-0.1, -0.05) is 12.5 Å². The van der Waals surface area contributed by atoms with Crippen molar-refractivity contribution in [2.75, 3.05) is 26.0 Å². The Labute approximate surface area is 210 Å². The molecule has 3 aromatic heterocycles. The fraction of sp³-hybridized carbons (Fsp3) is 0.320. The zero-order chi connectivity index (χ0) is 26.3. The topological polar surface area (TPSA) is 117 Å². The lowest BCUT2D eigenvalue weighted by atomic mass is 10.1. The number of hydrogen-bond donors (Lipinski definition) is 1. The van der Waals surface area contributed by atoms with Gasteiger partial charge in [-0.2, -0.15) is 5.10 Å². The summed E-state index contributed by atoms with van der Waals surface area (Å²) in [6, 6.07) is 0.969. The number of methoxy groups -OCH3 is 1. The maximum absolute atomic E-state index is 14.9. The summed E-state index contributed by atoms with van der Waals surface area (Å²) in [5, 5.41) is 5.01. The van der Waals surface area contributed by atoms with E-state index >= 15 is 0 Å². The number of benzene rings is 1. The van der Waals surface area contributed by atoms with Gasteiger partial charge in [0.2, 0.25) is 5.91 Å². The minimum Gasteiger partial charge on any atom is -0.383 e. The van der Waals surface area contributed by atoms with Crippen LogP contribution in [0.3, 0.4) is 0 Å². The zero-order valence-corrected chi connectivity index (χ0v) is 20.3. The summed E-state index contributed by atoms with van der Waals surface area (Å²) in [6.45, 7) is 6.54. The summed E-state index contributed by atoms with van der Waals surface area (Å²) in [6.07, 6.45) is 4.58.